The summed E-state index contributed by atoms with van der Waals surface area (Å²) in [4.78, 5) is 4.35. The minimum Gasteiger partial charge on any atom is -0.216 e. The van der Waals surface area contributed by atoms with Crippen LogP contribution < -0.4 is 0 Å². The van der Waals surface area contributed by atoms with Crippen LogP contribution in [0.25, 0.3) is 0 Å². The van der Waals surface area contributed by atoms with E-state index in [2.05, 4.69) is 44.2 Å². The average molecular weight is 174 g/mol. The molecule has 2 nitrogen and oxygen atoms in total. The highest BCUT2D eigenvalue weighted by molar-refractivity contribution is 5.90. The summed E-state index contributed by atoms with van der Waals surface area (Å²) in [6, 6.07) is 0. The molecular weight excluding hydrogens is 160 g/mol. The van der Waals surface area contributed by atoms with Crippen molar-refractivity contribution in [3.05, 3.63) is 36.8 Å². The highest BCUT2D eigenvalue weighted by Crippen LogP contribution is 2.32. The Morgan fingerprint density at radius 2 is 2.15 bits per heavy atom. The molecule has 0 aromatic heterocycles. The molecule has 13 heavy (non-hydrogen) atoms. The van der Waals surface area contributed by atoms with Gasteiger partial charge in [0.2, 0.25) is 5.84 Å². The van der Waals surface area contributed by atoms with Crippen molar-refractivity contribution in [2.24, 2.45) is 4.99 Å². The molecule has 0 saturated heterocycles. The number of allylic oxidation sites excluding steroid dienone is 2. The van der Waals surface area contributed by atoms with Gasteiger partial charge >= 0.3 is 0 Å². The zero-order valence-electron chi connectivity index (χ0n) is 8.28. The number of hydrogen-bond acceptors (Lipinski definition) is 1. The molecule has 2 heterocycles. The van der Waals surface area contributed by atoms with Crippen molar-refractivity contribution >= 4 is 5.84 Å². The number of fused-ring (bicyclic) bond motifs is 1. The van der Waals surface area contributed by atoms with E-state index in [0.717, 1.165) is 5.84 Å². The molecule has 2 heteroatoms. The van der Waals surface area contributed by atoms with E-state index in [-0.39, 0.29) is 5.54 Å². The van der Waals surface area contributed by atoms with E-state index in [0.29, 0.717) is 4.48 Å². The molecule has 0 amide bonds. The summed E-state index contributed by atoms with van der Waals surface area (Å²) in [5, 5.41) is 0. The van der Waals surface area contributed by atoms with Crippen molar-refractivity contribution in [1.29, 1.82) is 0 Å². The average Bonchev–Trinajstić information content (AvgIpc) is 2.46. The highest BCUT2D eigenvalue weighted by Gasteiger charge is 2.44. The highest BCUT2D eigenvalue weighted by atomic mass is 15.4. The zero-order chi connectivity index (χ0) is 9.53. The van der Waals surface area contributed by atoms with Gasteiger partial charge in [0.1, 0.15) is 17.9 Å². The maximum absolute atomic E-state index is 4.35. The fourth-order valence-electron chi connectivity index (χ4n) is 1.71. The maximum atomic E-state index is 4.35. The fourth-order valence-corrected chi connectivity index (χ4v) is 1.71. The molecule has 0 aromatic rings. The Labute approximate surface area is 79.2 Å². The molecule has 0 saturated carbocycles. The summed E-state index contributed by atoms with van der Waals surface area (Å²) in [6.07, 6.45) is 13.1. The predicted molar refractivity (Wildman–Crippen MR) is 53.5 cm³/mol. The van der Waals surface area contributed by atoms with Crippen LogP contribution in [0.2, 0.25) is 0 Å². The van der Waals surface area contributed by atoms with Gasteiger partial charge in [-0.3, -0.25) is 0 Å². The molecule has 0 spiro atoms. The molecule has 2 aliphatic rings. The third-order valence-corrected chi connectivity index (χ3v) is 2.60. The van der Waals surface area contributed by atoms with Crippen molar-refractivity contribution in [3.63, 3.8) is 0 Å². The van der Waals surface area contributed by atoms with Gasteiger partial charge in [-0.25, -0.2) is 4.48 Å². The summed E-state index contributed by atoms with van der Waals surface area (Å²) in [5.41, 5.74) is 0.101. The van der Waals surface area contributed by atoms with Gasteiger partial charge in [-0.2, -0.15) is 4.99 Å². The predicted octanol–water partition coefficient (Wildman–Crippen LogP) is 2.37. The van der Waals surface area contributed by atoms with Gasteiger partial charge < -0.3 is 0 Å². The molecule has 1 radical (unpaired) electrons. The monoisotopic (exact) mass is 174 g/mol. The molecule has 0 aromatic carbocycles. The second-order valence-electron chi connectivity index (χ2n) is 4.36. The van der Waals surface area contributed by atoms with E-state index in [4.69, 9.17) is 0 Å². The van der Waals surface area contributed by atoms with Gasteiger partial charge in [-0.1, -0.05) is 0 Å². The van der Waals surface area contributed by atoms with Crippen LogP contribution in [0, 0.1) is 6.08 Å². The number of quaternary nitrogens is 1. The first-order chi connectivity index (χ1) is 6.06. The standard InChI is InChI=1S/C11H14N2/c1-11(2,3)13-8-5-4-6-10(13)12-7-9-13/h4,6-9H,1-3H3/q+1. The molecule has 0 aliphatic carbocycles. The quantitative estimate of drug-likeness (QED) is 0.500. The molecule has 1 unspecified atom stereocenters. The first-order valence-corrected chi connectivity index (χ1v) is 4.48. The van der Waals surface area contributed by atoms with Gasteiger partial charge in [0.05, 0.1) is 6.20 Å². The Kier molecular flexibility index (Phi) is 1.57. The van der Waals surface area contributed by atoms with Crippen LogP contribution in [0.3, 0.4) is 0 Å². The molecule has 67 valence electrons. The van der Waals surface area contributed by atoms with Gasteiger partial charge in [0.25, 0.3) is 0 Å². The summed E-state index contributed by atoms with van der Waals surface area (Å²) in [7, 11) is 0. The van der Waals surface area contributed by atoms with Crippen LogP contribution in [0.4, 0.5) is 0 Å². The third kappa shape index (κ3) is 1.02. The number of hydrogen-bond donors (Lipinski definition) is 0. The van der Waals surface area contributed by atoms with Gasteiger partial charge in [0.15, 0.2) is 0 Å². The lowest BCUT2D eigenvalue weighted by molar-refractivity contribution is -0.785. The van der Waals surface area contributed by atoms with Crippen LogP contribution in [0.15, 0.2) is 35.7 Å². The number of rotatable bonds is 0. The van der Waals surface area contributed by atoms with Crippen molar-refractivity contribution < 1.29 is 4.48 Å². The normalized spacial score (nSPS) is 30.5. The molecule has 0 bridgehead atoms. The Hall–Kier alpha value is -1.15. The van der Waals surface area contributed by atoms with Gasteiger partial charge in [-0.05, 0) is 26.8 Å². The van der Waals surface area contributed by atoms with Crippen LogP contribution in [-0.4, -0.2) is 15.9 Å². The van der Waals surface area contributed by atoms with Gasteiger partial charge in [-0.15, -0.1) is 0 Å². The number of nitrogens with zero attached hydrogens (tertiary/aromatic N) is 2. The second-order valence-corrected chi connectivity index (χ2v) is 4.36. The Morgan fingerprint density at radius 3 is 2.77 bits per heavy atom. The largest absolute Gasteiger partial charge is 0.237 e. The van der Waals surface area contributed by atoms with E-state index in [1.54, 1.807) is 0 Å². The molecule has 2 rings (SSSR count). The van der Waals surface area contributed by atoms with Crippen molar-refractivity contribution in [3.8, 4) is 0 Å². The SMILES string of the molecule is CC(C)(C)[N+]12C=[C]C=CC1=NC=C2. The molecule has 1 atom stereocenters. The lowest BCUT2D eigenvalue weighted by Crippen LogP contribution is -2.54. The molecular formula is C11H14N2+. The van der Waals surface area contributed by atoms with Crippen LogP contribution >= 0.6 is 0 Å². The minimum absolute atomic E-state index is 0.101. The summed E-state index contributed by atoms with van der Waals surface area (Å²) in [6.45, 7) is 6.61. The Balaban J connectivity index is 2.53. The van der Waals surface area contributed by atoms with E-state index in [1.807, 2.05) is 18.4 Å². The van der Waals surface area contributed by atoms with E-state index in [9.17, 15) is 0 Å². The Morgan fingerprint density at radius 1 is 1.38 bits per heavy atom. The lowest BCUT2D eigenvalue weighted by Gasteiger charge is -2.40. The first-order valence-electron chi connectivity index (χ1n) is 4.48. The van der Waals surface area contributed by atoms with Crippen LogP contribution in [0.1, 0.15) is 20.8 Å². The lowest BCUT2D eigenvalue weighted by atomic mass is 10.0. The van der Waals surface area contributed by atoms with E-state index in [1.165, 1.54) is 0 Å². The van der Waals surface area contributed by atoms with Crippen LogP contribution in [-0.2, 0) is 0 Å². The topological polar surface area (TPSA) is 12.4 Å². The number of amidine groups is 1. The van der Waals surface area contributed by atoms with Crippen molar-refractivity contribution in [2.45, 2.75) is 26.3 Å². The van der Waals surface area contributed by atoms with Crippen molar-refractivity contribution in [2.75, 3.05) is 0 Å². The summed E-state index contributed by atoms with van der Waals surface area (Å²) < 4.78 is 0.684. The molecule has 0 N–H and O–H groups in total. The third-order valence-electron chi connectivity index (χ3n) is 2.60. The van der Waals surface area contributed by atoms with E-state index >= 15 is 0 Å². The van der Waals surface area contributed by atoms with Gasteiger partial charge in [0, 0.05) is 12.2 Å². The smallest absolute Gasteiger partial charge is 0.216 e. The summed E-state index contributed by atoms with van der Waals surface area (Å²) in [5.74, 6) is 1.08. The maximum Gasteiger partial charge on any atom is 0.237 e. The molecule has 2 aliphatic heterocycles. The van der Waals surface area contributed by atoms with E-state index < -0.39 is 0 Å². The number of aliphatic imine (C=N–C) groups is 1. The minimum atomic E-state index is 0.101. The van der Waals surface area contributed by atoms with Crippen LogP contribution in [0.5, 0.6) is 0 Å². The fraction of sp³-hybridized carbons (Fsp3) is 0.364. The van der Waals surface area contributed by atoms with Crippen molar-refractivity contribution in [1.82, 2.24) is 0 Å². The Bertz CT molecular complexity index is 340. The second kappa shape index (κ2) is 2.42. The summed E-state index contributed by atoms with van der Waals surface area (Å²) >= 11 is 0. The molecule has 0 fully saturated rings. The zero-order valence-corrected chi connectivity index (χ0v) is 8.28. The first kappa shape index (κ1) is 8.45.